The van der Waals surface area contributed by atoms with Gasteiger partial charge in [0.05, 0.1) is 31.5 Å². The summed E-state index contributed by atoms with van der Waals surface area (Å²) in [5.41, 5.74) is 5.10. The van der Waals surface area contributed by atoms with Crippen LogP contribution >= 0.6 is 7.75 Å². The van der Waals surface area contributed by atoms with Crippen LogP contribution in [0.25, 0.3) is 0 Å². The lowest BCUT2D eigenvalue weighted by atomic mass is 9.85. The van der Waals surface area contributed by atoms with Gasteiger partial charge in [-0.1, -0.05) is 51.0 Å². The van der Waals surface area contributed by atoms with E-state index in [9.17, 15) is 19.6 Å². The van der Waals surface area contributed by atoms with Gasteiger partial charge >= 0.3 is 13.7 Å². The number of carbonyl (C=O) groups excluding carboxylic acids is 1. The third-order valence-corrected chi connectivity index (χ3v) is 9.55. The van der Waals surface area contributed by atoms with E-state index in [2.05, 4.69) is 26.9 Å². The number of benzene rings is 1. The molecule has 0 spiro atoms. The fourth-order valence-corrected chi connectivity index (χ4v) is 6.82. The second-order valence-corrected chi connectivity index (χ2v) is 12.4. The maximum Gasteiger partial charge on any atom is 0.459 e. The molecule has 0 radical (unpaired) electrons. The first-order chi connectivity index (χ1) is 20.6. The number of aliphatic hydroxyl groups excluding tert-OH is 2. The largest absolute Gasteiger partial charge is 0.464 e. The van der Waals surface area contributed by atoms with Crippen molar-refractivity contribution in [3.05, 3.63) is 42.1 Å². The third-order valence-electron chi connectivity index (χ3n) is 7.91. The number of nitrogens with one attached hydrogen (secondary N) is 1. The van der Waals surface area contributed by atoms with E-state index in [0.717, 1.165) is 12.8 Å². The van der Waals surface area contributed by atoms with E-state index in [1.165, 1.54) is 13.3 Å². The number of esters is 1. The number of hydrazone groups is 1. The molecule has 3 heterocycles. The summed E-state index contributed by atoms with van der Waals surface area (Å²) >= 11 is 0. The average Bonchev–Trinajstić information content (AvgIpc) is 3.54. The summed E-state index contributed by atoms with van der Waals surface area (Å²) in [4.78, 5) is 20.7. The number of fused-ring (bicyclic) bond motifs is 1. The Kier molecular flexibility index (Phi) is 10.8. The minimum absolute atomic E-state index is 0.0909. The topological polar surface area (TPSA) is 190 Å². The lowest BCUT2D eigenvalue weighted by Gasteiger charge is -2.40. The van der Waals surface area contributed by atoms with Gasteiger partial charge in [-0.15, -0.1) is 0 Å². The maximum atomic E-state index is 14.0. The quantitative estimate of drug-likeness (QED) is 0.127. The number of nitrogens with zero attached hydrogens (tertiary/aromatic N) is 4. The van der Waals surface area contributed by atoms with Crippen molar-refractivity contribution in [3.8, 4) is 5.75 Å². The summed E-state index contributed by atoms with van der Waals surface area (Å²) in [6.45, 7) is 8.76. The Labute approximate surface area is 251 Å². The summed E-state index contributed by atoms with van der Waals surface area (Å²) in [6.07, 6.45) is 1.11. The van der Waals surface area contributed by atoms with Crippen molar-refractivity contribution in [2.24, 2.45) is 26.7 Å². The molecule has 7 atom stereocenters. The molecule has 5 N–H and O–H groups in total. The van der Waals surface area contributed by atoms with Gasteiger partial charge in [0.1, 0.15) is 42.0 Å². The highest BCUT2D eigenvalue weighted by Gasteiger charge is 2.61. The lowest BCUT2D eigenvalue weighted by Crippen LogP contribution is -2.59. The summed E-state index contributed by atoms with van der Waals surface area (Å²) in [7, 11) is -4.26. The molecule has 14 nitrogen and oxygen atoms in total. The van der Waals surface area contributed by atoms with Crippen molar-refractivity contribution in [1.82, 2.24) is 10.1 Å². The van der Waals surface area contributed by atoms with Crippen LogP contribution in [0.15, 0.2) is 57.2 Å². The van der Waals surface area contributed by atoms with E-state index >= 15 is 0 Å². The predicted octanol–water partition coefficient (Wildman–Crippen LogP) is 1.98. The van der Waals surface area contributed by atoms with Gasteiger partial charge in [-0.2, -0.15) is 10.2 Å². The highest BCUT2D eigenvalue weighted by Crippen LogP contribution is 2.47. The molecule has 3 aliphatic heterocycles. The predicted molar refractivity (Wildman–Crippen MR) is 161 cm³/mol. The zero-order valence-electron chi connectivity index (χ0n) is 24.6. The smallest absolute Gasteiger partial charge is 0.459 e. The Balaban J connectivity index is 1.50. The first-order valence-corrected chi connectivity index (χ1v) is 15.9. The molecule has 0 amide bonds. The van der Waals surface area contributed by atoms with Crippen molar-refractivity contribution in [2.75, 3.05) is 19.8 Å². The van der Waals surface area contributed by atoms with Crippen LogP contribution in [0.5, 0.6) is 5.75 Å². The Morgan fingerprint density at radius 2 is 2.05 bits per heavy atom. The fourth-order valence-electron chi connectivity index (χ4n) is 5.32. The summed E-state index contributed by atoms with van der Waals surface area (Å²) in [5, 5.41) is 30.9. The molecule has 3 aliphatic rings. The first-order valence-electron chi connectivity index (χ1n) is 14.3. The van der Waals surface area contributed by atoms with Crippen molar-refractivity contribution < 1.29 is 38.1 Å². The molecule has 15 heteroatoms. The van der Waals surface area contributed by atoms with Crippen LogP contribution in [-0.2, 0) is 23.4 Å². The standard InChI is InChI=1S/C28H41N6O8P/c1-5-19(6-2)14-39-27(37)18(3)33-43(38,42-20-10-8-7-9-11-20)40-15-22-24(35)25(36)28(41-22,16-30-4)23-13-12-21-26(29)31-17-32-34(21)23/h7-12,17-19,22-25,35-36H,4-6,13-16H2,1-3H3,(H,33,38)(H2,29,31,32)/t18-,22+,23?,24+,25+,28-,43?/m0/s1. The number of para-hydroxylation sites is 1. The first kappa shape index (κ1) is 32.8. The Bertz CT molecular complexity index is 1270. The number of hydrogen-bond acceptors (Lipinski definition) is 13. The highest BCUT2D eigenvalue weighted by atomic mass is 31.2. The number of rotatable bonds is 15. The van der Waals surface area contributed by atoms with E-state index in [1.807, 2.05) is 19.9 Å². The van der Waals surface area contributed by atoms with Crippen LogP contribution < -0.4 is 15.3 Å². The number of amidine groups is 1. The molecule has 0 aliphatic carbocycles. The molecule has 0 saturated carbocycles. The molecule has 0 aromatic heterocycles. The molecule has 43 heavy (non-hydrogen) atoms. The fraction of sp³-hybridized carbons (Fsp3) is 0.571. The van der Waals surface area contributed by atoms with E-state index in [-0.39, 0.29) is 30.7 Å². The molecule has 0 bridgehead atoms. The van der Waals surface area contributed by atoms with Crippen LogP contribution in [0.2, 0.25) is 0 Å². The monoisotopic (exact) mass is 620 g/mol. The maximum absolute atomic E-state index is 14.0. The molecule has 1 aromatic rings. The molecule has 1 fully saturated rings. The Morgan fingerprint density at radius 3 is 2.72 bits per heavy atom. The number of carbonyl (C=O) groups is 1. The second kappa shape index (κ2) is 14.1. The number of ether oxygens (including phenoxy) is 2. The second-order valence-electron chi connectivity index (χ2n) is 10.7. The normalized spacial score (nSPS) is 28.6. The average molecular weight is 621 g/mol. The zero-order valence-corrected chi connectivity index (χ0v) is 25.5. The SMILES string of the molecule is C=NC[C@@]1(C2CC=C3C(N)=NC=NN32)O[C@H](COP(=O)(N[C@@H](C)C(=O)OCC(CC)CC)Oc2ccccc2)[C@@H](O)[C@H]1O. The third kappa shape index (κ3) is 7.17. The van der Waals surface area contributed by atoms with Gasteiger partial charge < -0.3 is 29.9 Å². The van der Waals surface area contributed by atoms with Gasteiger partial charge in [0.25, 0.3) is 0 Å². The minimum Gasteiger partial charge on any atom is -0.464 e. The van der Waals surface area contributed by atoms with E-state index in [0.29, 0.717) is 12.1 Å². The van der Waals surface area contributed by atoms with Gasteiger partial charge in [-0.05, 0) is 38.1 Å². The Hall–Kier alpha value is -3.13. The molecule has 2 unspecified atom stereocenters. The molecule has 236 valence electrons. The molecular weight excluding hydrogens is 579 g/mol. The summed E-state index contributed by atoms with van der Waals surface area (Å²) < 4.78 is 37.2. The van der Waals surface area contributed by atoms with Gasteiger partial charge in [-0.25, -0.2) is 9.56 Å². The molecule has 1 saturated heterocycles. The van der Waals surface area contributed by atoms with Gasteiger partial charge in [0.15, 0.2) is 5.84 Å². The van der Waals surface area contributed by atoms with Crippen molar-refractivity contribution >= 4 is 32.6 Å². The van der Waals surface area contributed by atoms with E-state index in [1.54, 1.807) is 35.3 Å². The summed E-state index contributed by atoms with van der Waals surface area (Å²) in [6, 6.07) is 6.64. The van der Waals surface area contributed by atoms with Crippen LogP contribution in [-0.4, -0.2) is 95.8 Å². The summed E-state index contributed by atoms with van der Waals surface area (Å²) in [5.74, 6) is 0.0686. The number of aliphatic imine (C=N–C) groups is 2. The molecule has 4 rings (SSSR count). The number of aliphatic hydroxyl groups is 2. The van der Waals surface area contributed by atoms with E-state index in [4.69, 9.17) is 24.3 Å². The lowest BCUT2D eigenvalue weighted by molar-refractivity contribution is -0.146. The minimum atomic E-state index is -4.26. The zero-order chi connectivity index (χ0) is 31.2. The van der Waals surface area contributed by atoms with Crippen LogP contribution in [0.3, 0.4) is 0 Å². The van der Waals surface area contributed by atoms with Crippen LogP contribution in [0.4, 0.5) is 0 Å². The van der Waals surface area contributed by atoms with Crippen LogP contribution in [0, 0.1) is 5.92 Å². The number of hydrogen-bond donors (Lipinski definition) is 4. The van der Waals surface area contributed by atoms with Crippen molar-refractivity contribution in [1.29, 1.82) is 0 Å². The van der Waals surface area contributed by atoms with Gasteiger partial charge in [-0.3, -0.25) is 19.3 Å². The van der Waals surface area contributed by atoms with Crippen molar-refractivity contribution in [2.45, 2.75) is 76.0 Å². The Morgan fingerprint density at radius 1 is 1.33 bits per heavy atom. The molecular formula is C28H41N6O8P. The van der Waals surface area contributed by atoms with Gasteiger partial charge in [0.2, 0.25) is 0 Å². The van der Waals surface area contributed by atoms with Crippen LogP contribution in [0.1, 0.15) is 40.0 Å². The van der Waals surface area contributed by atoms with E-state index < -0.39 is 56.3 Å². The van der Waals surface area contributed by atoms with Crippen molar-refractivity contribution in [3.63, 3.8) is 0 Å². The number of nitrogens with two attached hydrogens (primary N) is 1. The molecule has 1 aromatic carbocycles. The van der Waals surface area contributed by atoms with Gasteiger partial charge in [0, 0.05) is 0 Å². The highest BCUT2D eigenvalue weighted by molar-refractivity contribution is 7.52.